The fraction of sp³-hybridized carbons (Fsp3) is 1.00. The lowest BCUT2D eigenvalue weighted by Gasteiger charge is -2.32. The summed E-state index contributed by atoms with van der Waals surface area (Å²) in [7, 11) is -3.33. The second-order valence-corrected chi connectivity index (χ2v) is 7.34. The molecule has 2 saturated heterocycles. The van der Waals surface area contributed by atoms with Gasteiger partial charge < -0.3 is 9.84 Å². The first kappa shape index (κ1) is 14.2. The van der Waals surface area contributed by atoms with Crippen LogP contribution in [0.3, 0.4) is 0 Å². The first-order valence-electron chi connectivity index (χ1n) is 6.47. The monoisotopic (exact) mass is 278 g/mol. The normalized spacial score (nSPS) is 29.6. The van der Waals surface area contributed by atoms with Crippen molar-refractivity contribution in [3.8, 4) is 0 Å². The van der Waals surface area contributed by atoms with Crippen molar-refractivity contribution in [3.05, 3.63) is 0 Å². The van der Waals surface area contributed by atoms with E-state index in [9.17, 15) is 8.42 Å². The molecule has 106 valence electrons. The smallest absolute Gasteiger partial charge is 0.219 e. The van der Waals surface area contributed by atoms with E-state index in [1.807, 2.05) is 0 Å². The molecule has 6 nitrogen and oxygen atoms in total. The maximum atomic E-state index is 12.1. The second kappa shape index (κ2) is 5.83. The van der Waals surface area contributed by atoms with E-state index in [1.165, 1.54) is 4.31 Å². The van der Waals surface area contributed by atoms with Crippen LogP contribution in [0, 0.1) is 0 Å². The molecule has 0 aromatic heterocycles. The van der Waals surface area contributed by atoms with Crippen LogP contribution < -0.4 is 0 Å². The van der Waals surface area contributed by atoms with E-state index in [1.54, 1.807) is 6.92 Å². The van der Waals surface area contributed by atoms with Gasteiger partial charge in [0.15, 0.2) is 0 Å². The number of sulfonamides is 1. The van der Waals surface area contributed by atoms with E-state index in [0.717, 1.165) is 32.7 Å². The van der Waals surface area contributed by atoms with Gasteiger partial charge in [-0.3, -0.25) is 4.90 Å². The minimum absolute atomic E-state index is 0.301. The highest BCUT2D eigenvalue weighted by Gasteiger charge is 2.37. The Balaban J connectivity index is 1.95. The third kappa shape index (κ3) is 2.85. The van der Waals surface area contributed by atoms with E-state index < -0.39 is 15.3 Å². The van der Waals surface area contributed by atoms with E-state index in [-0.39, 0.29) is 6.61 Å². The summed E-state index contributed by atoms with van der Waals surface area (Å²) < 4.78 is 31.1. The molecule has 0 aromatic rings. The third-order valence-electron chi connectivity index (χ3n) is 3.81. The predicted molar refractivity (Wildman–Crippen MR) is 67.8 cm³/mol. The number of aliphatic hydroxyl groups excluding tert-OH is 1. The van der Waals surface area contributed by atoms with Gasteiger partial charge in [0, 0.05) is 32.2 Å². The average Bonchev–Trinajstić information content (AvgIpc) is 2.89. The summed E-state index contributed by atoms with van der Waals surface area (Å²) in [6, 6.07) is 0.301. The van der Waals surface area contributed by atoms with Gasteiger partial charge >= 0.3 is 0 Å². The fourth-order valence-electron chi connectivity index (χ4n) is 2.53. The molecule has 0 aliphatic carbocycles. The van der Waals surface area contributed by atoms with Gasteiger partial charge in [-0.25, -0.2) is 8.42 Å². The molecule has 0 radical (unpaired) electrons. The Labute approximate surface area is 109 Å². The van der Waals surface area contributed by atoms with Crippen LogP contribution >= 0.6 is 0 Å². The van der Waals surface area contributed by atoms with Gasteiger partial charge in [0.25, 0.3) is 0 Å². The summed E-state index contributed by atoms with van der Waals surface area (Å²) >= 11 is 0. The first-order chi connectivity index (χ1) is 8.55. The average molecular weight is 278 g/mol. The Bertz CT molecular complexity index is 367. The SMILES string of the molecule is CC(CO)S(=O)(=O)N1CCC(N2CCOCC2)C1. The van der Waals surface area contributed by atoms with Gasteiger partial charge in [-0.15, -0.1) is 0 Å². The van der Waals surface area contributed by atoms with Crippen molar-refractivity contribution in [1.29, 1.82) is 0 Å². The van der Waals surface area contributed by atoms with Crippen molar-refractivity contribution in [2.24, 2.45) is 0 Å². The summed E-state index contributed by atoms with van der Waals surface area (Å²) in [4.78, 5) is 2.31. The van der Waals surface area contributed by atoms with Crippen LogP contribution in [0.1, 0.15) is 13.3 Å². The molecule has 18 heavy (non-hydrogen) atoms. The van der Waals surface area contributed by atoms with Gasteiger partial charge in [-0.1, -0.05) is 0 Å². The van der Waals surface area contributed by atoms with Crippen LogP contribution in [0.5, 0.6) is 0 Å². The van der Waals surface area contributed by atoms with Crippen molar-refractivity contribution in [1.82, 2.24) is 9.21 Å². The largest absolute Gasteiger partial charge is 0.395 e. The molecule has 0 saturated carbocycles. The van der Waals surface area contributed by atoms with Crippen molar-refractivity contribution in [3.63, 3.8) is 0 Å². The molecular formula is C11H22N2O4S. The van der Waals surface area contributed by atoms with Crippen LogP contribution in [-0.4, -0.2) is 80.0 Å². The maximum Gasteiger partial charge on any atom is 0.219 e. The summed E-state index contributed by atoms with van der Waals surface area (Å²) in [6.07, 6.45) is 0.872. The van der Waals surface area contributed by atoms with Gasteiger partial charge in [-0.05, 0) is 13.3 Å². The molecule has 2 fully saturated rings. The summed E-state index contributed by atoms with van der Waals surface area (Å²) in [6.45, 7) is 5.58. The quantitative estimate of drug-likeness (QED) is 0.722. The number of aliphatic hydroxyl groups is 1. The Morgan fingerprint density at radius 3 is 2.61 bits per heavy atom. The van der Waals surface area contributed by atoms with E-state index in [0.29, 0.717) is 19.1 Å². The highest BCUT2D eigenvalue weighted by atomic mass is 32.2. The molecule has 0 spiro atoms. The highest BCUT2D eigenvalue weighted by Crippen LogP contribution is 2.21. The molecule has 7 heteroatoms. The molecule has 1 N–H and O–H groups in total. The van der Waals surface area contributed by atoms with Crippen molar-refractivity contribution < 1.29 is 18.3 Å². The number of morpholine rings is 1. The van der Waals surface area contributed by atoms with Gasteiger partial charge in [0.05, 0.1) is 25.1 Å². The van der Waals surface area contributed by atoms with Gasteiger partial charge in [0.2, 0.25) is 10.0 Å². The van der Waals surface area contributed by atoms with Crippen molar-refractivity contribution in [2.75, 3.05) is 46.0 Å². The number of hydrogen-bond acceptors (Lipinski definition) is 5. The van der Waals surface area contributed by atoms with Gasteiger partial charge in [-0.2, -0.15) is 4.31 Å². The zero-order chi connectivity index (χ0) is 13.2. The Morgan fingerprint density at radius 2 is 2.00 bits per heavy atom. The van der Waals surface area contributed by atoms with Crippen LogP contribution in [0.4, 0.5) is 0 Å². The summed E-state index contributed by atoms with van der Waals surface area (Å²) in [5, 5.41) is 8.31. The number of hydrogen-bond donors (Lipinski definition) is 1. The number of ether oxygens (including phenoxy) is 1. The Kier molecular flexibility index (Phi) is 4.60. The molecule has 2 unspecified atom stereocenters. The fourth-order valence-corrected chi connectivity index (χ4v) is 3.97. The highest BCUT2D eigenvalue weighted by molar-refractivity contribution is 7.89. The molecule has 2 atom stereocenters. The van der Waals surface area contributed by atoms with Crippen molar-refractivity contribution in [2.45, 2.75) is 24.6 Å². The lowest BCUT2D eigenvalue weighted by atomic mass is 10.2. The van der Waals surface area contributed by atoms with E-state index >= 15 is 0 Å². The van der Waals surface area contributed by atoms with Crippen LogP contribution in [0.15, 0.2) is 0 Å². The molecule has 0 bridgehead atoms. The molecule has 0 aromatic carbocycles. The zero-order valence-corrected chi connectivity index (χ0v) is 11.6. The van der Waals surface area contributed by atoms with Crippen molar-refractivity contribution >= 4 is 10.0 Å². The van der Waals surface area contributed by atoms with E-state index in [2.05, 4.69) is 4.90 Å². The topological polar surface area (TPSA) is 70.1 Å². The minimum Gasteiger partial charge on any atom is -0.395 e. The lowest BCUT2D eigenvalue weighted by molar-refractivity contribution is 0.0196. The third-order valence-corrected chi connectivity index (χ3v) is 6.03. The Hall–Kier alpha value is -0.210. The van der Waals surface area contributed by atoms with E-state index in [4.69, 9.17) is 9.84 Å². The minimum atomic E-state index is -3.33. The van der Waals surface area contributed by atoms with Gasteiger partial charge in [0.1, 0.15) is 0 Å². The lowest BCUT2D eigenvalue weighted by Crippen LogP contribution is -2.46. The number of rotatable bonds is 4. The van der Waals surface area contributed by atoms with Crippen LogP contribution in [-0.2, 0) is 14.8 Å². The molecule has 2 aliphatic rings. The molecule has 2 rings (SSSR count). The number of nitrogens with zero attached hydrogens (tertiary/aromatic N) is 2. The molecule has 2 heterocycles. The first-order valence-corrected chi connectivity index (χ1v) is 7.97. The summed E-state index contributed by atoms with van der Waals surface area (Å²) in [5.41, 5.74) is 0. The Morgan fingerprint density at radius 1 is 1.33 bits per heavy atom. The maximum absolute atomic E-state index is 12.1. The standard InChI is InChI=1S/C11H22N2O4S/c1-10(9-14)18(15,16)13-3-2-11(8-13)12-4-6-17-7-5-12/h10-11,14H,2-9H2,1H3. The predicted octanol–water partition coefficient (Wildman–Crippen LogP) is -0.896. The summed E-state index contributed by atoms with van der Waals surface area (Å²) in [5.74, 6) is 0. The second-order valence-electron chi connectivity index (χ2n) is 4.99. The molecule has 2 aliphatic heterocycles. The molecular weight excluding hydrogens is 256 g/mol. The zero-order valence-electron chi connectivity index (χ0n) is 10.8. The van der Waals surface area contributed by atoms with Crippen LogP contribution in [0.25, 0.3) is 0 Å². The molecule has 0 amide bonds. The van der Waals surface area contributed by atoms with Crippen LogP contribution in [0.2, 0.25) is 0 Å².